The zero-order valence-corrected chi connectivity index (χ0v) is 19.9. The summed E-state index contributed by atoms with van der Waals surface area (Å²) in [6.07, 6.45) is 0. The summed E-state index contributed by atoms with van der Waals surface area (Å²) in [5, 5.41) is 11.5. The van der Waals surface area contributed by atoms with Crippen LogP contribution in [0.15, 0.2) is 78.4 Å². The van der Waals surface area contributed by atoms with Crippen LogP contribution in [0, 0.1) is 0 Å². The van der Waals surface area contributed by atoms with Gasteiger partial charge in [-0.05, 0) is 42.8 Å². The third-order valence-corrected chi connectivity index (χ3v) is 6.81. The van der Waals surface area contributed by atoms with E-state index in [4.69, 9.17) is 9.47 Å². The topological polar surface area (TPSA) is 89.0 Å². The molecule has 1 aliphatic heterocycles. The number of ether oxygens (including phenoxy) is 2. The van der Waals surface area contributed by atoms with Crippen molar-refractivity contribution in [2.75, 3.05) is 18.6 Å². The van der Waals surface area contributed by atoms with Gasteiger partial charge in [-0.15, -0.1) is 0 Å². The fourth-order valence-corrected chi connectivity index (χ4v) is 5.16. The lowest BCUT2D eigenvalue weighted by molar-refractivity contribution is -0.132. The molecule has 1 amide bonds. The van der Waals surface area contributed by atoms with Gasteiger partial charge in [0.2, 0.25) is 0 Å². The molecule has 176 valence electrons. The van der Waals surface area contributed by atoms with E-state index >= 15 is 0 Å². The van der Waals surface area contributed by atoms with Crippen LogP contribution in [0.1, 0.15) is 24.1 Å². The number of rotatable bonds is 6. The lowest BCUT2D eigenvalue weighted by Gasteiger charge is -2.23. The Kier molecular flexibility index (Phi) is 5.96. The molecule has 3 aromatic carbocycles. The number of aliphatic hydroxyl groups is 1. The highest BCUT2D eigenvalue weighted by molar-refractivity contribution is 7.22. The Morgan fingerprint density at radius 2 is 1.74 bits per heavy atom. The van der Waals surface area contributed by atoms with Crippen molar-refractivity contribution in [3.63, 3.8) is 0 Å². The predicted octanol–water partition coefficient (Wildman–Crippen LogP) is 5.33. The smallest absolute Gasteiger partial charge is 0.301 e. The second-order valence-electron chi connectivity index (χ2n) is 7.87. The maximum Gasteiger partial charge on any atom is 0.301 e. The van der Waals surface area contributed by atoms with Crippen molar-refractivity contribution in [1.82, 2.24) is 4.98 Å². The molecule has 0 aliphatic carbocycles. The molecule has 0 saturated carbocycles. The van der Waals surface area contributed by atoms with Crippen molar-refractivity contribution >= 4 is 44.1 Å². The molecule has 7 nitrogen and oxygen atoms in total. The third kappa shape index (κ3) is 4.02. The Balaban J connectivity index is 1.69. The number of hydrogen-bond donors (Lipinski definition) is 1. The van der Waals surface area contributed by atoms with E-state index in [-0.39, 0.29) is 11.3 Å². The zero-order valence-electron chi connectivity index (χ0n) is 19.1. The van der Waals surface area contributed by atoms with Crippen LogP contribution >= 0.6 is 11.3 Å². The number of Topliss-reactive ketones (excluding diaryl/α,β-unsaturated/α-hetero) is 1. The molecule has 1 aliphatic rings. The van der Waals surface area contributed by atoms with Gasteiger partial charge < -0.3 is 14.6 Å². The van der Waals surface area contributed by atoms with E-state index in [1.54, 1.807) is 55.6 Å². The second kappa shape index (κ2) is 9.23. The number of benzene rings is 3. The molecule has 1 N–H and O–H groups in total. The summed E-state index contributed by atoms with van der Waals surface area (Å²) in [4.78, 5) is 32.7. The Hall–Kier alpha value is -4.17. The molecule has 1 saturated heterocycles. The molecule has 1 atom stereocenters. The van der Waals surface area contributed by atoms with Gasteiger partial charge >= 0.3 is 5.91 Å². The van der Waals surface area contributed by atoms with Crippen LogP contribution in [0.5, 0.6) is 11.5 Å². The van der Waals surface area contributed by atoms with Crippen molar-refractivity contribution in [2.45, 2.75) is 13.0 Å². The van der Waals surface area contributed by atoms with Gasteiger partial charge in [-0.1, -0.05) is 53.8 Å². The Bertz CT molecular complexity index is 1440. The average Bonchev–Trinajstić information content (AvgIpc) is 3.42. The Morgan fingerprint density at radius 1 is 1.03 bits per heavy atom. The first-order valence-corrected chi connectivity index (χ1v) is 11.9. The Morgan fingerprint density at radius 3 is 2.43 bits per heavy atom. The highest BCUT2D eigenvalue weighted by Crippen LogP contribution is 2.44. The van der Waals surface area contributed by atoms with Crippen LogP contribution in [0.25, 0.3) is 16.0 Å². The first kappa shape index (κ1) is 22.6. The van der Waals surface area contributed by atoms with Gasteiger partial charge in [-0.2, -0.15) is 0 Å². The summed E-state index contributed by atoms with van der Waals surface area (Å²) in [5.74, 6) is -0.397. The molecule has 35 heavy (non-hydrogen) atoms. The summed E-state index contributed by atoms with van der Waals surface area (Å²) >= 11 is 1.29. The Labute approximate surface area is 205 Å². The molecule has 0 radical (unpaired) electrons. The minimum Gasteiger partial charge on any atom is -0.507 e. The van der Waals surface area contributed by atoms with E-state index in [0.717, 1.165) is 4.70 Å². The maximum absolute atomic E-state index is 13.4. The minimum atomic E-state index is -0.854. The SMILES string of the molecule is CCOc1ccc2nc(N3C(=O)C(=O)/C(=C(/O)c4ccccc4)[C@@H]3c3ccc(OC)cc3)sc2c1. The third-order valence-electron chi connectivity index (χ3n) is 5.79. The fourth-order valence-electron chi connectivity index (χ4n) is 4.14. The number of ketones is 1. The standard InChI is InChI=1S/C27H22N2O5S/c1-3-34-19-13-14-20-21(15-19)35-27(28-20)29-23(16-9-11-18(33-2)12-10-16)22(25(31)26(29)32)24(30)17-7-5-4-6-8-17/h4-15,23,30H,3H2,1-2H3/b24-22+/t23-/m0/s1. The van der Waals surface area contributed by atoms with E-state index in [1.165, 1.54) is 16.2 Å². The molecule has 2 heterocycles. The zero-order chi connectivity index (χ0) is 24.5. The van der Waals surface area contributed by atoms with Crippen LogP contribution in [-0.2, 0) is 9.59 Å². The first-order chi connectivity index (χ1) is 17.0. The number of methoxy groups -OCH3 is 1. The monoisotopic (exact) mass is 486 g/mol. The van der Waals surface area contributed by atoms with Gasteiger partial charge in [0.15, 0.2) is 5.13 Å². The number of hydrogen-bond acceptors (Lipinski definition) is 7. The molecule has 0 unspecified atom stereocenters. The number of anilines is 1. The highest BCUT2D eigenvalue weighted by Gasteiger charge is 2.48. The number of aliphatic hydroxyl groups excluding tert-OH is 1. The first-order valence-electron chi connectivity index (χ1n) is 11.1. The molecule has 5 rings (SSSR count). The van der Waals surface area contributed by atoms with Crippen LogP contribution in [0.3, 0.4) is 0 Å². The number of nitrogens with zero attached hydrogens (tertiary/aromatic N) is 2. The molecule has 4 aromatic rings. The molecule has 0 bridgehead atoms. The van der Waals surface area contributed by atoms with Crippen molar-refractivity contribution in [3.8, 4) is 11.5 Å². The highest BCUT2D eigenvalue weighted by atomic mass is 32.1. The van der Waals surface area contributed by atoms with E-state index in [9.17, 15) is 14.7 Å². The number of thiazole rings is 1. The molecule has 8 heteroatoms. The lowest BCUT2D eigenvalue weighted by atomic mass is 9.95. The van der Waals surface area contributed by atoms with Gasteiger partial charge in [0, 0.05) is 5.56 Å². The normalized spacial score (nSPS) is 17.2. The second-order valence-corrected chi connectivity index (χ2v) is 8.88. The van der Waals surface area contributed by atoms with Gasteiger partial charge in [-0.3, -0.25) is 14.5 Å². The van der Waals surface area contributed by atoms with Gasteiger partial charge in [0.05, 0.1) is 35.5 Å². The number of carbonyl (C=O) groups excluding carboxylic acids is 2. The van der Waals surface area contributed by atoms with Crippen LogP contribution in [0.2, 0.25) is 0 Å². The number of carbonyl (C=O) groups is 2. The molecule has 1 aromatic heterocycles. The predicted molar refractivity (Wildman–Crippen MR) is 135 cm³/mol. The maximum atomic E-state index is 13.4. The molecule has 0 spiro atoms. The van der Waals surface area contributed by atoms with Crippen molar-refractivity contribution in [1.29, 1.82) is 0 Å². The van der Waals surface area contributed by atoms with Crippen LogP contribution in [0.4, 0.5) is 5.13 Å². The summed E-state index contributed by atoms with van der Waals surface area (Å²) in [6.45, 7) is 2.44. The van der Waals surface area contributed by atoms with Crippen molar-refractivity contribution < 1.29 is 24.2 Å². The summed E-state index contributed by atoms with van der Waals surface area (Å²) in [7, 11) is 1.56. The van der Waals surface area contributed by atoms with Crippen LogP contribution in [-0.4, -0.2) is 35.5 Å². The van der Waals surface area contributed by atoms with Gasteiger partial charge in [-0.25, -0.2) is 4.98 Å². The number of amides is 1. The van der Waals surface area contributed by atoms with E-state index in [1.807, 2.05) is 31.2 Å². The van der Waals surface area contributed by atoms with Gasteiger partial charge in [0.1, 0.15) is 17.3 Å². The van der Waals surface area contributed by atoms with Crippen molar-refractivity contribution in [2.24, 2.45) is 0 Å². The fraction of sp³-hybridized carbons (Fsp3) is 0.148. The molecular weight excluding hydrogens is 464 g/mol. The average molecular weight is 487 g/mol. The molecule has 1 fully saturated rings. The summed E-state index contributed by atoms with van der Waals surface area (Å²) in [6, 6.07) is 20.4. The minimum absolute atomic E-state index is 0.0145. The molecular formula is C27H22N2O5S. The summed E-state index contributed by atoms with van der Waals surface area (Å²) in [5.41, 5.74) is 1.80. The van der Waals surface area contributed by atoms with E-state index in [2.05, 4.69) is 4.98 Å². The number of aromatic nitrogens is 1. The van der Waals surface area contributed by atoms with E-state index < -0.39 is 17.7 Å². The van der Waals surface area contributed by atoms with Gasteiger partial charge in [0.25, 0.3) is 5.78 Å². The number of fused-ring (bicyclic) bond motifs is 1. The van der Waals surface area contributed by atoms with E-state index in [0.29, 0.717) is 39.9 Å². The van der Waals surface area contributed by atoms with Crippen LogP contribution < -0.4 is 14.4 Å². The quantitative estimate of drug-likeness (QED) is 0.225. The lowest BCUT2D eigenvalue weighted by Crippen LogP contribution is -2.29. The summed E-state index contributed by atoms with van der Waals surface area (Å²) < 4.78 is 11.7. The largest absolute Gasteiger partial charge is 0.507 e. The van der Waals surface area contributed by atoms with Crippen molar-refractivity contribution in [3.05, 3.63) is 89.5 Å².